The van der Waals surface area contributed by atoms with Crippen molar-refractivity contribution in [3.05, 3.63) is 27.7 Å². The fourth-order valence-electron chi connectivity index (χ4n) is 3.72. The maximum atomic E-state index is 14.4. The van der Waals surface area contributed by atoms with Crippen LogP contribution in [0.2, 0.25) is 5.28 Å². The van der Waals surface area contributed by atoms with Crippen LogP contribution < -0.4 is 4.90 Å². The summed E-state index contributed by atoms with van der Waals surface area (Å²) in [5.41, 5.74) is 0.160. The molecule has 2 saturated heterocycles. The van der Waals surface area contributed by atoms with E-state index in [-0.39, 0.29) is 22.9 Å². The zero-order valence-electron chi connectivity index (χ0n) is 12.4. The smallest absolute Gasteiger partial charge is 0.407 e. The van der Waals surface area contributed by atoms with E-state index in [1.54, 1.807) is 12.1 Å². The summed E-state index contributed by atoms with van der Waals surface area (Å²) in [7, 11) is 0. The summed E-state index contributed by atoms with van der Waals surface area (Å²) in [6.07, 6.45) is 0.761. The molecule has 2 aliphatic rings. The van der Waals surface area contributed by atoms with Crippen LogP contribution in [-0.4, -0.2) is 51.2 Å². The Hall–Kier alpha value is -1.67. The quantitative estimate of drug-likeness (QED) is 0.722. The minimum Gasteiger partial charge on any atom is -0.465 e. The number of halogens is 3. The normalized spacial score (nSPS) is 23.1. The van der Waals surface area contributed by atoms with Gasteiger partial charge in [0.05, 0.1) is 16.6 Å². The number of piperazine rings is 1. The topological polar surface area (TPSA) is 69.6 Å². The number of carboxylic acid groups (broad SMARTS) is 1. The van der Waals surface area contributed by atoms with E-state index >= 15 is 0 Å². The maximum absolute atomic E-state index is 14.4. The molecule has 2 fully saturated rings. The highest BCUT2D eigenvalue weighted by Crippen LogP contribution is 2.36. The molecule has 0 aliphatic carbocycles. The molecule has 0 radical (unpaired) electrons. The number of fused-ring (bicyclic) bond motifs is 3. The first kappa shape index (κ1) is 15.8. The average Bonchev–Trinajstić information content (AvgIpc) is 2.81. The molecule has 1 amide bonds. The summed E-state index contributed by atoms with van der Waals surface area (Å²) in [5, 5.41) is 9.91. The molecule has 2 aromatic rings. The first-order chi connectivity index (χ1) is 11.5. The second kappa shape index (κ2) is 5.70. The van der Waals surface area contributed by atoms with Crippen molar-refractivity contribution in [1.82, 2.24) is 14.9 Å². The first-order valence-electron chi connectivity index (χ1n) is 7.53. The molecule has 2 aliphatic heterocycles. The van der Waals surface area contributed by atoms with Gasteiger partial charge < -0.3 is 10.0 Å². The lowest BCUT2D eigenvalue weighted by molar-refractivity contribution is 0.114. The Morgan fingerprint density at radius 2 is 1.96 bits per heavy atom. The van der Waals surface area contributed by atoms with Crippen molar-refractivity contribution in [1.29, 1.82) is 0 Å². The summed E-state index contributed by atoms with van der Waals surface area (Å²) in [4.78, 5) is 23.2. The Balaban J connectivity index is 1.78. The molecular formula is C15H13BrClFN4O2. The van der Waals surface area contributed by atoms with Crippen LogP contribution in [-0.2, 0) is 0 Å². The molecule has 1 N–H and O–H groups in total. The van der Waals surface area contributed by atoms with Crippen LogP contribution in [0.3, 0.4) is 0 Å². The zero-order chi connectivity index (χ0) is 17.0. The van der Waals surface area contributed by atoms with Crippen LogP contribution in [0.25, 0.3) is 10.9 Å². The third kappa shape index (κ3) is 2.39. The number of hydrogen-bond donors (Lipinski definition) is 1. The summed E-state index contributed by atoms with van der Waals surface area (Å²) < 4.78 is 14.7. The maximum Gasteiger partial charge on any atom is 0.407 e. The van der Waals surface area contributed by atoms with Crippen molar-refractivity contribution in [2.24, 2.45) is 0 Å². The van der Waals surface area contributed by atoms with Gasteiger partial charge in [-0.15, -0.1) is 0 Å². The molecule has 3 heterocycles. The minimum absolute atomic E-state index is 0.0255. The van der Waals surface area contributed by atoms with E-state index < -0.39 is 11.9 Å². The largest absolute Gasteiger partial charge is 0.465 e. The number of rotatable bonds is 1. The lowest BCUT2D eigenvalue weighted by atomic mass is 10.1. The Morgan fingerprint density at radius 3 is 2.58 bits per heavy atom. The van der Waals surface area contributed by atoms with Crippen molar-refractivity contribution in [3.63, 3.8) is 0 Å². The van der Waals surface area contributed by atoms with Gasteiger partial charge in [-0.25, -0.2) is 14.2 Å². The molecule has 1 aromatic heterocycles. The molecular weight excluding hydrogens is 403 g/mol. The van der Waals surface area contributed by atoms with Gasteiger partial charge in [-0.3, -0.25) is 4.90 Å². The van der Waals surface area contributed by atoms with Crippen molar-refractivity contribution in [2.75, 3.05) is 18.0 Å². The summed E-state index contributed by atoms with van der Waals surface area (Å²) >= 11 is 9.15. The number of anilines is 1. The average molecular weight is 416 g/mol. The Morgan fingerprint density at radius 1 is 1.29 bits per heavy atom. The van der Waals surface area contributed by atoms with E-state index in [0.29, 0.717) is 28.8 Å². The molecule has 1 aromatic carbocycles. The molecule has 6 nitrogen and oxygen atoms in total. The summed E-state index contributed by atoms with van der Waals surface area (Å²) in [6, 6.07) is 3.20. The monoisotopic (exact) mass is 414 g/mol. The van der Waals surface area contributed by atoms with E-state index in [2.05, 4.69) is 25.9 Å². The highest BCUT2D eigenvalue weighted by molar-refractivity contribution is 9.10. The van der Waals surface area contributed by atoms with Crippen molar-refractivity contribution >= 4 is 50.3 Å². The van der Waals surface area contributed by atoms with E-state index in [1.165, 1.54) is 4.90 Å². The Labute approximate surface area is 150 Å². The molecule has 4 rings (SSSR count). The SMILES string of the molecule is O=C(O)N1[C@@H]2CC[C@H]1CN(c1nc(Cl)nc3c(F)c(Br)ccc13)C2. The minimum atomic E-state index is -0.886. The molecule has 2 atom stereocenters. The van der Waals surface area contributed by atoms with Gasteiger partial charge in [0.1, 0.15) is 11.3 Å². The number of nitrogens with zero attached hydrogens (tertiary/aromatic N) is 4. The van der Waals surface area contributed by atoms with Crippen LogP contribution in [0, 0.1) is 5.82 Å². The number of benzene rings is 1. The van der Waals surface area contributed by atoms with E-state index in [4.69, 9.17) is 11.6 Å². The van der Waals surface area contributed by atoms with Gasteiger partial charge >= 0.3 is 6.09 Å². The molecule has 0 spiro atoms. The fraction of sp³-hybridized carbons (Fsp3) is 0.400. The van der Waals surface area contributed by atoms with Crippen molar-refractivity contribution < 1.29 is 14.3 Å². The van der Waals surface area contributed by atoms with Gasteiger partial charge in [-0.1, -0.05) is 0 Å². The fourth-order valence-corrected chi connectivity index (χ4v) is 4.21. The lowest BCUT2D eigenvalue weighted by Gasteiger charge is -2.40. The van der Waals surface area contributed by atoms with Gasteiger partial charge in [0.25, 0.3) is 0 Å². The summed E-state index contributed by atoms with van der Waals surface area (Å²) in [6.45, 7) is 1.03. The molecule has 126 valence electrons. The number of aromatic nitrogens is 2. The van der Waals surface area contributed by atoms with Crippen LogP contribution in [0.15, 0.2) is 16.6 Å². The Bertz CT molecular complexity index is 838. The third-order valence-electron chi connectivity index (χ3n) is 4.71. The van der Waals surface area contributed by atoms with Gasteiger partial charge in [0, 0.05) is 18.5 Å². The van der Waals surface area contributed by atoms with Crippen molar-refractivity contribution in [3.8, 4) is 0 Å². The van der Waals surface area contributed by atoms with Crippen LogP contribution in [0.4, 0.5) is 15.0 Å². The highest BCUT2D eigenvalue weighted by Gasteiger charge is 2.43. The van der Waals surface area contributed by atoms with Gasteiger partial charge in [0.15, 0.2) is 5.82 Å². The zero-order valence-corrected chi connectivity index (χ0v) is 14.8. The molecule has 24 heavy (non-hydrogen) atoms. The molecule has 0 unspecified atom stereocenters. The molecule has 9 heteroatoms. The number of hydrogen-bond acceptors (Lipinski definition) is 4. The predicted molar refractivity (Wildman–Crippen MR) is 91.1 cm³/mol. The van der Waals surface area contributed by atoms with Crippen LogP contribution in [0.5, 0.6) is 0 Å². The highest BCUT2D eigenvalue weighted by atomic mass is 79.9. The third-order valence-corrected chi connectivity index (χ3v) is 5.50. The first-order valence-corrected chi connectivity index (χ1v) is 8.70. The van der Waals surface area contributed by atoms with E-state index in [0.717, 1.165) is 12.8 Å². The van der Waals surface area contributed by atoms with Crippen LogP contribution in [0.1, 0.15) is 12.8 Å². The molecule has 2 bridgehead atoms. The summed E-state index contributed by atoms with van der Waals surface area (Å²) in [5.74, 6) is 0.0727. The second-order valence-corrected chi connectivity index (χ2v) is 7.25. The number of amides is 1. The van der Waals surface area contributed by atoms with Crippen molar-refractivity contribution in [2.45, 2.75) is 24.9 Å². The Kier molecular flexibility index (Phi) is 3.76. The standard InChI is InChI=1S/C15H13BrClFN4O2/c16-10-4-3-9-12(11(10)18)19-14(17)20-13(9)21-5-7-1-2-8(6-21)22(7)15(23)24/h3-4,7-8H,1-2,5-6H2,(H,23,24)/t7-,8+. The number of carbonyl (C=O) groups is 1. The lowest BCUT2D eigenvalue weighted by Crippen LogP contribution is -2.55. The van der Waals surface area contributed by atoms with Gasteiger partial charge in [-0.05, 0) is 52.5 Å². The predicted octanol–water partition coefficient (Wildman–Crippen LogP) is 3.52. The van der Waals surface area contributed by atoms with Crippen LogP contribution >= 0.6 is 27.5 Å². The second-order valence-electron chi connectivity index (χ2n) is 6.05. The van der Waals surface area contributed by atoms with Gasteiger partial charge in [-0.2, -0.15) is 4.98 Å². The van der Waals surface area contributed by atoms with Gasteiger partial charge in [0.2, 0.25) is 5.28 Å². The molecule has 0 saturated carbocycles. The van der Waals surface area contributed by atoms with E-state index in [9.17, 15) is 14.3 Å². The van der Waals surface area contributed by atoms with E-state index in [1.807, 2.05) is 4.90 Å².